The van der Waals surface area contributed by atoms with Crippen molar-refractivity contribution in [2.75, 3.05) is 24.5 Å². The second-order valence-electron chi connectivity index (χ2n) is 9.18. The summed E-state index contributed by atoms with van der Waals surface area (Å²) in [6, 6.07) is 3.69. The highest BCUT2D eigenvalue weighted by molar-refractivity contribution is 5.85. The molecule has 1 amide bonds. The number of carbonyl (C=O) groups is 1. The molecule has 6 rings (SSSR count). The molecule has 1 aromatic heterocycles. The van der Waals surface area contributed by atoms with Gasteiger partial charge in [0.05, 0.1) is 0 Å². The van der Waals surface area contributed by atoms with E-state index in [0.29, 0.717) is 11.2 Å². The number of anilines is 1. The van der Waals surface area contributed by atoms with E-state index in [9.17, 15) is 4.79 Å². The van der Waals surface area contributed by atoms with Gasteiger partial charge in [-0.1, -0.05) is 0 Å². The van der Waals surface area contributed by atoms with Crippen LogP contribution in [0.1, 0.15) is 51.4 Å². The second kappa shape index (κ2) is 8.66. The fraction of sp³-hybridized carbons (Fsp3) is 0.714. The average molecular weight is 428 g/mol. The van der Waals surface area contributed by atoms with Crippen LogP contribution in [0.2, 0.25) is 0 Å². The molecule has 7 heteroatoms. The van der Waals surface area contributed by atoms with Crippen molar-refractivity contribution in [3.63, 3.8) is 0 Å². The zero-order valence-corrected chi connectivity index (χ0v) is 17.9. The minimum atomic E-state index is -0.325. The van der Waals surface area contributed by atoms with Crippen LogP contribution in [0.5, 0.6) is 5.75 Å². The number of carbonyl (C=O) groups excluding carboxylic acids is 1. The van der Waals surface area contributed by atoms with E-state index < -0.39 is 0 Å². The highest BCUT2D eigenvalue weighted by Gasteiger charge is 2.50. The van der Waals surface area contributed by atoms with E-state index in [1.54, 1.807) is 6.20 Å². The Labute approximate surface area is 179 Å². The largest absolute Gasteiger partial charge is 0.412 e. The fourth-order valence-electron chi connectivity index (χ4n) is 6.53. The van der Waals surface area contributed by atoms with Crippen LogP contribution in [0.25, 0.3) is 0 Å². The minimum absolute atomic E-state index is 0. The second-order valence-corrected chi connectivity index (χ2v) is 9.18. The van der Waals surface area contributed by atoms with Gasteiger partial charge in [0.25, 0.3) is 0 Å². The fourth-order valence-corrected chi connectivity index (χ4v) is 6.53. The summed E-state index contributed by atoms with van der Waals surface area (Å²) in [4.78, 5) is 19.2. The molecule has 0 radical (unpaired) electrons. The van der Waals surface area contributed by atoms with Crippen LogP contribution in [0.3, 0.4) is 0 Å². The standard InChI is InChI=1S/C21H29N3O2.2ClH/c25-20(26-18-4-3-5-22-19(18)24-6-1-2-7-24)23-14-21-11-15-8-16(12-21)10-17(9-15)13-21;;/h3-5,15-17H,1-2,6-14H2,(H,23,25);2*1H. The van der Waals surface area contributed by atoms with Gasteiger partial charge in [0.1, 0.15) is 0 Å². The Morgan fingerprint density at radius 3 is 2.32 bits per heavy atom. The number of rotatable bonds is 4. The molecule has 5 fully saturated rings. The van der Waals surface area contributed by atoms with Crippen LogP contribution >= 0.6 is 24.8 Å². The number of hydrogen-bond acceptors (Lipinski definition) is 4. The third kappa shape index (κ3) is 4.20. The molecule has 1 saturated heterocycles. The average Bonchev–Trinajstić information content (AvgIpc) is 3.14. The van der Waals surface area contributed by atoms with Gasteiger partial charge in [-0.25, -0.2) is 9.78 Å². The number of nitrogens with zero attached hydrogens (tertiary/aromatic N) is 2. The molecule has 1 aliphatic heterocycles. The first kappa shape index (κ1) is 21.5. The summed E-state index contributed by atoms with van der Waals surface area (Å²) >= 11 is 0. The zero-order chi connectivity index (χ0) is 17.6. The molecule has 5 nitrogen and oxygen atoms in total. The van der Waals surface area contributed by atoms with E-state index >= 15 is 0 Å². The Balaban J connectivity index is 0.00000112. The molecule has 4 bridgehead atoms. The van der Waals surface area contributed by atoms with Gasteiger partial charge in [0.15, 0.2) is 11.6 Å². The van der Waals surface area contributed by atoms with Crippen LogP contribution in [0.4, 0.5) is 10.6 Å². The summed E-state index contributed by atoms with van der Waals surface area (Å²) in [7, 11) is 0. The van der Waals surface area contributed by atoms with Crippen LogP contribution in [-0.2, 0) is 0 Å². The summed E-state index contributed by atoms with van der Waals surface area (Å²) in [6.45, 7) is 2.75. The third-order valence-corrected chi connectivity index (χ3v) is 7.13. The first-order valence-corrected chi connectivity index (χ1v) is 10.3. The third-order valence-electron chi connectivity index (χ3n) is 7.13. The van der Waals surface area contributed by atoms with Crippen LogP contribution in [0, 0.1) is 23.2 Å². The lowest BCUT2D eigenvalue weighted by Crippen LogP contribution is -2.51. The highest BCUT2D eigenvalue weighted by atomic mass is 35.5. The first-order chi connectivity index (χ1) is 12.7. The molecule has 1 aromatic rings. The maximum absolute atomic E-state index is 12.5. The maximum atomic E-state index is 12.5. The lowest BCUT2D eigenvalue weighted by atomic mass is 9.49. The van der Waals surface area contributed by atoms with Gasteiger partial charge in [0.2, 0.25) is 0 Å². The van der Waals surface area contributed by atoms with Crippen molar-refractivity contribution < 1.29 is 9.53 Å². The predicted molar refractivity (Wildman–Crippen MR) is 115 cm³/mol. The first-order valence-electron chi connectivity index (χ1n) is 10.3. The Morgan fingerprint density at radius 1 is 1.11 bits per heavy atom. The van der Waals surface area contributed by atoms with Gasteiger partial charge in [-0.15, -0.1) is 24.8 Å². The van der Waals surface area contributed by atoms with Gasteiger partial charge in [-0.3, -0.25) is 0 Å². The van der Waals surface area contributed by atoms with Crippen molar-refractivity contribution in [1.29, 1.82) is 0 Å². The summed E-state index contributed by atoms with van der Waals surface area (Å²) < 4.78 is 5.67. The molecule has 4 aliphatic carbocycles. The highest BCUT2D eigenvalue weighted by Crippen LogP contribution is 2.59. The molecular formula is C21H31Cl2N3O2. The number of halogens is 2. The minimum Gasteiger partial charge on any atom is -0.406 e. The van der Waals surface area contributed by atoms with Crippen molar-refractivity contribution in [1.82, 2.24) is 10.3 Å². The molecule has 5 aliphatic rings. The van der Waals surface area contributed by atoms with Crippen molar-refractivity contribution in [2.24, 2.45) is 23.2 Å². The van der Waals surface area contributed by atoms with E-state index in [2.05, 4.69) is 15.2 Å². The number of nitrogens with one attached hydrogen (secondary N) is 1. The Morgan fingerprint density at radius 2 is 1.71 bits per heavy atom. The maximum Gasteiger partial charge on any atom is 0.412 e. The van der Waals surface area contributed by atoms with E-state index in [4.69, 9.17) is 4.74 Å². The Bertz CT molecular complexity index is 659. The number of hydrogen-bond donors (Lipinski definition) is 1. The monoisotopic (exact) mass is 427 g/mol. The van der Waals surface area contributed by atoms with Gasteiger partial charge in [-0.2, -0.15) is 0 Å². The van der Waals surface area contributed by atoms with Gasteiger partial charge < -0.3 is 15.0 Å². The molecule has 28 heavy (non-hydrogen) atoms. The summed E-state index contributed by atoms with van der Waals surface area (Å²) in [5.41, 5.74) is 0.334. The molecular weight excluding hydrogens is 397 g/mol. The number of aromatic nitrogens is 1. The van der Waals surface area contributed by atoms with E-state index in [1.165, 1.54) is 51.4 Å². The van der Waals surface area contributed by atoms with Crippen molar-refractivity contribution in [2.45, 2.75) is 51.4 Å². The molecule has 156 valence electrons. The van der Waals surface area contributed by atoms with E-state index in [-0.39, 0.29) is 30.9 Å². The van der Waals surface area contributed by atoms with Crippen LogP contribution in [0.15, 0.2) is 18.3 Å². The predicted octanol–water partition coefficient (Wildman–Crippen LogP) is 4.83. The molecule has 0 unspecified atom stereocenters. The normalized spacial score (nSPS) is 32.4. The SMILES string of the molecule is Cl.Cl.O=C(NCC12CC3CC(CC(C3)C1)C2)Oc1cccnc1N1CCCC1. The lowest BCUT2D eigenvalue weighted by molar-refractivity contribution is -0.0503. The molecule has 0 spiro atoms. The number of pyridine rings is 1. The smallest absolute Gasteiger partial charge is 0.406 e. The lowest BCUT2D eigenvalue weighted by Gasteiger charge is -2.56. The molecule has 1 N–H and O–H groups in total. The summed E-state index contributed by atoms with van der Waals surface area (Å²) in [5, 5.41) is 3.10. The summed E-state index contributed by atoms with van der Waals surface area (Å²) in [6.07, 6.45) is 12.0. The molecule has 2 heterocycles. The topological polar surface area (TPSA) is 54.5 Å². The van der Waals surface area contributed by atoms with Crippen LogP contribution in [-0.4, -0.2) is 30.7 Å². The van der Waals surface area contributed by atoms with Gasteiger partial charge in [-0.05, 0) is 86.7 Å². The number of ether oxygens (including phenoxy) is 1. The van der Waals surface area contributed by atoms with Crippen LogP contribution < -0.4 is 15.0 Å². The van der Waals surface area contributed by atoms with Crippen molar-refractivity contribution in [3.8, 4) is 5.75 Å². The van der Waals surface area contributed by atoms with Crippen molar-refractivity contribution in [3.05, 3.63) is 18.3 Å². The molecule has 4 saturated carbocycles. The van der Waals surface area contributed by atoms with Crippen molar-refractivity contribution >= 4 is 36.7 Å². The number of amides is 1. The Hall–Kier alpha value is -1.20. The summed E-state index contributed by atoms with van der Waals surface area (Å²) in [5.74, 6) is 4.09. The van der Waals surface area contributed by atoms with Gasteiger partial charge >= 0.3 is 6.09 Å². The van der Waals surface area contributed by atoms with Gasteiger partial charge in [0, 0.05) is 25.8 Å². The van der Waals surface area contributed by atoms with E-state index in [0.717, 1.165) is 43.2 Å². The quantitative estimate of drug-likeness (QED) is 0.747. The Kier molecular flexibility index (Phi) is 6.65. The van der Waals surface area contributed by atoms with E-state index in [1.807, 2.05) is 12.1 Å². The molecule has 0 aromatic carbocycles. The zero-order valence-electron chi connectivity index (χ0n) is 16.3. The molecule has 0 atom stereocenters.